The highest BCUT2D eigenvalue weighted by atomic mass is 32.2. The van der Waals surface area contributed by atoms with Gasteiger partial charge in [0.25, 0.3) is 5.91 Å². The molecule has 0 radical (unpaired) electrons. The van der Waals surface area contributed by atoms with Gasteiger partial charge in [-0.2, -0.15) is 0 Å². The Morgan fingerprint density at radius 2 is 1.79 bits per heavy atom. The number of hydrogen-bond donors (Lipinski definition) is 0. The third-order valence-corrected chi connectivity index (χ3v) is 6.69. The van der Waals surface area contributed by atoms with Crippen molar-refractivity contribution < 1.29 is 31.8 Å². The Hall–Kier alpha value is -2.68. The fourth-order valence-corrected chi connectivity index (χ4v) is 5.23. The molecule has 2 aromatic rings. The molecule has 1 fully saturated rings. The normalized spacial score (nSPS) is 17.7. The minimum atomic E-state index is -3.17. The predicted octanol–water partition coefficient (Wildman–Crippen LogP) is 2.44. The molecule has 8 nitrogen and oxygen atoms in total. The van der Waals surface area contributed by atoms with Crippen LogP contribution >= 0.6 is 0 Å². The van der Waals surface area contributed by atoms with Gasteiger partial charge in [-0.25, -0.2) is 8.42 Å². The maximum absolute atomic E-state index is 13.4. The van der Waals surface area contributed by atoms with Gasteiger partial charge >= 0.3 is 0 Å². The van der Waals surface area contributed by atoms with Gasteiger partial charge in [0.05, 0.1) is 39.4 Å². The summed E-state index contributed by atoms with van der Waals surface area (Å²) < 4.78 is 45.7. The number of aryl methyl sites for hydroxylation is 1. The zero-order chi connectivity index (χ0) is 21.2. The van der Waals surface area contributed by atoms with E-state index in [1.165, 1.54) is 21.3 Å². The summed E-state index contributed by atoms with van der Waals surface area (Å²) in [6.45, 7) is 1.98. The smallest absolute Gasteiger partial charge is 0.254 e. The van der Waals surface area contributed by atoms with Gasteiger partial charge in [-0.1, -0.05) is 0 Å². The molecule has 1 aliphatic rings. The first-order valence-electron chi connectivity index (χ1n) is 9.14. The molecule has 29 heavy (non-hydrogen) atoms. The molecule has 0 bridgehead atoms. The van der Waals surface area contributed by atoms with Gasteiger partial charge in [0, 0.05) is 11.6 Å². The Morgan fingerprint density at radius 3 is 2.24 bits per heavy atom. The number of hydrogen-bond acceptors (Lipinski definition) is 7. The molecule has 0 aliphatic carbocycles. The number of sulfone groups is 1. The number of nitrogens with zero attached hydrogens (tertiary/aromatic N) is 1. The Kier molecular flexibility index (Phi) is 6.07. The Labute approximate surface area is 170 Å². The number of carbonyl (C=O) groups is 1. The van der Waals surface area contributed by atoms with Crippen molar-refractivity contribution in [1.29, 1.82) is 0 Å². The number of rotatable bonds is 7. The van der Waals surface area contributed by atoms with E-state index in [4.69, 9.17) is 18.6 Å². The van der Waals surface area contributed by atoms with E-state index < -0.39 is 15.9 Å². The van der Waals surface area contributed by atoms with E-state index >= 15 is 0 Å². The molecule has 0 unspecified atom stereocenters. The van der Waals surface area contributed by atoms with Gasteiger partial charge in [0.15, 0.2) is 21.3 Å². The molecule has 2 heterocycles. The molecular weight excluding hydrogens is 398 g/mol. The second-order valence-electron chi connectivity index (χ2n) is 6.92. The molecule has 158 valence electrons. The molecular formula is C20H25NO7S. The SMILES string of the molecule is COc1cc(C(=O)N(Cc2ccc(C)o2)[C@H]2CCS(=O)(=O)C2)cc(OC)c1OC. The van der Waals surface area contributed by atoms with E-state index in [1.807, 2.05) is 13.0 Å². The van der Waals surface area contributed by atoms with E-state index in [-0.39, 0.29) is 24.0 Å². The van der Waals surface area contributed by atoms with Crippen LogP contribution in [-0.2, 0) is 16.4 Å². The van der Waals surface area contributed by atoms with Crippen LogP contribution in [0, 0.1) is 6.92 Å². The highest BCUT2D eigenvalue weighted by molar-refractivity contribution is 7.91. The van der Waals surface area contributed by atoms with Crippen LogP contribution in [0.5, 0.6) is 17.2 Å². The van der Waals surface area contributed by atoms with Crippen molar-refractivity contribution in [2.45, 2.75) is 25.9 Å². The van der Waals surface area contributed by atoms with Crippen molar-refractivity contribution in [1.82, 2.24) is 4.90 Å². The zero-order valence-corrected chi connectivity index (χ0v) is 17.7. The van der Waals surface area contributed by atoms with Crippen LogP contribution in [0.1, 0.15) is 28.3 Å². The lowest BCUT2D eigenvalue weighted by atomic mass is 10.1. The number of furan rings is 1. The summed E-state index contributed by atoms with van der Waals surface area (Å²) in [6.07, 6.45) is 0.387. The van der Waals surface area contributed by atoms with Gasteiger partial charge in [0.1, 0.15) is 11.5 Å². The standard InChI is InChI=1S/C20H25NO7S/c1-13-5-6-16(28-13)11-21(15-7-8-29(23,24)12-15)20(22)14-9-17(25-2)19(27-4)18(10-14)26-3/h5-6,9-10,15H,7-8,11-12H2,1-4H3/t15-/m0/s1. The van der Waals surface area contributed by atoms with Crippen molar-refractivity contribution in [3.05, 3.63) is 41.3 Å². The lowest BCUT2D eigenvalue weighted by molar-refractivity contribution is 0.0664. The van der Waals surface area contributed by atoms with Crippen molar-refractivity contribution in [3.63, 3.8) is 0 Å². The van der Waals surface area contributed by atoms with E-state index in [0.29, 0.717) is 35.0 Å². The highest BCUT2D eigenvalue weighted by Crippen LogP contribution is 2.39. The third kappa shape index (κ3) is 4.50. The molecule has 9 heteroatoms. The van der Waals surface area contributed by atoms with Crippen LogP contribution in [0.25, 0.3) is 0 Å². The number of benzene rings is 1. The molecule has 0 saturated carbocycles. The maximum Gasteiger partial charge on any atom is 0.254 e. The zero-order valence-electron chi connectivity index (χ0n) is 16.9. The van der Waals surface area contributed by atoms with E-state index in [9.17, 15) is 13.2 Å². The van der Waals surface area contributed by atoms with Crippen LogP contribution in [0.3, 0.4) is 0 Å². The van der Waals surface area contributed by atoms with Gasteiger partial charge in [-0.15, -0.1) is 0 Å². The molecule has 1 atom stereocenters. The predicted molar refractivity (Wildman–Crippen MR) is 106 cm³/mol. The molecule has 0 spiro atoms. The summed E-state index contributed by atoms with van der Waals surface area (Å²) in [5, 5.41) is 0. The Balaban J connectivity index is 1.99. The van der Waals surface area contributed by atoms with Gasteiger partial charge in [0.2, 0.25) is 5.75 Å². The largest absolute Gasteiger partial charge is 0.493 e. The van der Waals surface area contributed by atoms with Crippen molar-refractivity contribution in [2.75, 3.05) is 32.8 Å². The van der Waals surface area contributed by atoms with Gasteiger partial charge in [-0.05, 0) is 37.6 Å². The molecule has 3 rings (SSSR count). The summed E-state index contributed by atoms with van der Waals surface area (Å²) in [5.41, 5.74) is 0.312. The minimum absolute atomic E-state index is 0.0634. The molecule has 1 aromatic heterocycles. The summed E-state index contributed by atoms with van der Waals surface area (Å²) in [4.78, 5) is 15.0. The van der Waals surface area contributed by atoms with E-state index in [1.54, 1.807) is 23.1 Å². The second-order valence-corrected chi connectivity index (χ2v) is 9.15. The van der Waals surface area contributed by atoms with Crippen LogP contribution in [0.2, 0.25) is 0 Å². The van der Waals surface area contributed by atoms with E-state index in [2.05, 4.69) is 0 Å². The van der Waals surface area contributed by atoms with Gasteiger partial charge < -0.3 is 23.5 Å². The van der Waals surface area contributed by atoms with Gasteiger partial charge in [-0.3, -0.25) is 4.79 Å². The quantitative estimate of drug-likeness (QED) is 0.675. The summed E-state index contributed by atoms with van der Waals surface area (Å²) in [5.74, 6) is 2.05. The second kappa shape index (κ2) is 8.36. The first-order valence-corrected chi connectivity index (χ1v) is 11.0. The Bertz CT molecular complexity index is 971. The number of methoxy groups -OCH3 is 3. The van der Waals surface area contributed by atoms with Crippen LogP contribution in [-0.4, -0.2) is 58.1 Å². The number of carbonyl (C=O) groups excluding carboxylic acids is 1. The van der Waals surface area contributed by atoms with Crippen LogP contribution < -0.4 is 14.2 Å². The fraction of sp³-hybridized carbons (Fsp3) is 0.450. The summed E-state index contributed by atoms with van der Waals surface area (Å²) in [7, 11) is 1.25. The average molecular weight is 423 g/mol. The van der Waals surface area contributed by atoms with Crippen LogP contribution in [0.15, 0.2) is 28.7 Å². The lowest BCUT2D eigenvalue weighted by Crippen LogP contribution is -2.40. The average Bonchev–Trinajstić information content (AvgIpc) is 3.28. The summed E-state index contributed by atoms with van der Waals surface area (Å²) in [6, 6.07) is 6.29. The lowest BCUT2D eigenvalue weighted by Gasteiger charge is -2.28. The number of amides is 1. The molecule has 1 aromatic carbocycles. The molecule has 1 saturated heterocycles. The summed E-state index contributed by atoms with van der Waals surface area (Å²) >= 11 is 0. The monoisotopic (exact) mass is 423 g/mol. The fourth-order valence-electron chi connectivity index (χ4n) is 3.50. The van der Waals surface area contributed by atoms with Crippen molar-refractivity contribution in [2.24, 2.45) is 0 Å². The Morgan fingerprint density at radius 1 is 1.14 bits per heavy atom. The van der Waals surface area contributed by atoms with Crippen LogP contribution in [0.4, 0.5) is 0 Å². The van der Waals surface area contributed by atoms with E-state index in [0.717, 1.165) is 5.76 Å². The molecule has 1 amide bonds. The van der Waals surface area contributed by atoms with Crippen molar-refractivity contribution >= 4 is 15.7 Å². The van der Waals surface area contributed by atoms with Crippen molar-refractivity contribution in [3.8, 4) is 17.2 Å². The highest BCUT2D eigenvalue weighted by Gasteiger charge is 2.36. The minimum Gasteiger partial charge on any atom is -0.493 e. The molecule has 0 N–H and O–H groups in total. The maximum atomic E-state index is 13.4. The first-order chi connectivity index (χ1) is 13.8. The molecule has 1 aliphatic heterocycles. The third-order valence-electron chi connectivity index (χ3n) is 4.94. The topological polar surface area (TPSA) is 95.3 Å². The number of ether oxygens (including phenoxy) is 3. The first kappa shape index (κ1) is 21.0.